The Morgan fingerprint density at radius 3 is 2.25 bits per heavy atom. The van der Waals surface area contributed by atoms with Crippen LogP contribution in [0.25, 0.3) is 0 Å². The molecule has 0 spiro atoms. The Labute approximate surface area is 143 Å². The van der Waals surface area contributed by atoms with Gasteiger partial charge < -0.3 is 20.3 Å². The molecule has 1 saturated heterocycles. The number of ether oxygens (including phenoxy) is 1. The predicted octanol–water partition coefficient (Wildman–Crippen LogP) is 4.19. The Bertz CT molecular complexity index is 626. The predicted molar refractivity (Wildman–Crippen MR) is 99.9 cm³/mol. The smallest absolute Gasteiger partial charge is 0.323 e. The minimum absolute atomic E-state index is 0.244. The average Bonchev–Trinajstić information content (AvgIpc) is 2.65. The number of carbonyl (C=O) groups is 1. The average molecular weight is 327 g/mol. The summed E-state index contributed by atoms with van der Waals surface area (Å²) in [6.45, 7) is 7.09. The Morgan fingerprint density at radius 1 is 0.917 bits per heavy atom. The second-order valence-electron chi connectivity index (χ2n) is 5.06. The van der Waals surface area contributed by atoms with E-state index >= 15 is 0 Å². The van der Waals surface area contributed by atoms with Crippen LogP contribution in [0.2, 0.25) is 0 Å². The van der Waals surface area contributed by atoms with Crippen LogP contribution >= 0.6 is 0 Å². The fraction of sp³-hybridized carbons (Fsp3) is 0.316. The van der Waals surface area contributed by atoms with Gasteiger partial charge in [-0.15, -0.1) is 0 Å². The summed E-state index contributed by atoms with van der Waals surface area (Å²) in [4.78, 5) is 14.4. The lowest BCUT2D eigenvalue weighted by Gasteiger charge is -2.30. The lowest BCUT2D eigenvalue weighted by atomic mass is 10.2. The third-order valence-electron chi connectivity index (χ3n) is 3.54. The molecular weight excluding hydrogens is 302 g/mol. The van der Waals surface area contributed by atoms with E-state index < -0.39 is 0 Å². The monoisotopic (exact) mass is 327 g/mol. The lowest BCUT2D eigenvalue weighted by molar-refractivity contribution is 0.123. The minimum atomic E-state index is -0.244. The molecule has 0 radical (unpaired) electrons. The topological polar surface area (TPSA) is 53.6 Å². The molecule has 2 aromatic carbocycles. The molecule has 1 fully saturated rings. The molecule has 0 saturated carbocycles. The lowest BCUT2D eigenvalue weighted by Crippen LogP contribution is -2.36. The zero-order chi connectivity index (χ0) is 17.2. The Balaban J connectivity index is 0.00000100. The number of carbonyl (C=O) groups excluding carboxylic acids is 1. The molecule has 0 aromatic heterocycles. The summed E-state index contributed by atoms with van der Waals surface area (Å²) in [5.41, 5.74) is 2.59. The van der Waals surface area contributed by atoms with Crippen LogP contribution in [0.3, 0.4) is 0 Å². The largest absolute Gasteiger partial charge is 0.378 e. The molecule has 0 atom stereocenters. The number of amides is 2. The maximum Gasteiger partial charge on any atom is 0.323 e. The molecule has 1 heterocycles. The van der Waals surface area contributed by atoms with Gasteiger partial charge in [-0.3, -0.25) is 0 Å². The summed E-state index contributed by atoms with van der Waals surface area (Å²) in [6.07, 6.45) is 0. The van der Waals surface area contributed by atoms with Crippen LogP contribution in [0.4, 0.5) is 21.9 Å². The van der Waals surface area contributed by atoms with Crippen LogP contribution < -0.4 is 15.5 Å². The van der Waals surface area contributed by atoms with Crippen molar-refractivity contribution in [2.45, 2.75) is 13.8 Å². The molecule has 128 valence electrons. The molecule has 3 rings (SSSR count). The van der Waals surface area contributed by atoms with Crippen molar-refractivity contribution in [3.05, 3.63) is 54.6 Å². The number of morpholine rings is 1. The van der Waals surface area contributed by atoms with Crippen molar-refractivity contribution in [2.24, 2.45) is 0 Å². The van der Waals surface area contributed by atoms with E-state index in [2.05, 4.69) is 15.5 Å². The molecule has 0 bridgehead atoms. The summed E-state index contributed by atoms with van der Waals surface area (Å²) in [7, 11) is 0. The maximum absolute atomic E-state index is 12.2. The van der Waals surface area contributed by atoms with Gasteiger partial charge in [0.15, 0.2) is 0 Å². The van der Waals surface area contributed by atoms with Crippen LogP contribution in [0.5, 0.6) is 0 Å². The second-order valence-corrected chi connectivity index (χ2v) is 5.06. The van der Waals surface area contributed by atoms with E-state index in [1.807, 2.05) is 68.4 Å². The van der Waals surface area contributed by atoms with Crippen molar-refractivity contribution in [1.29, 1.82) is 0 Å². The quantitative estimate of drug-likeness (QED) is 0.888. The van der Waals surface area contributed by atoms with Crippen molar-refractivity contribution in [3.63, 3.8) is 0 Å². The fourth-order valence-corrected chi connectivity index (χ4v) is 2.47. The zero-order valence-electron chi connectivity index (χ0n) is 14.3. The highest BCUT2D eigenvalue weighted by molar-refractivity contribution is 6.01. The molecule has 5 heteroatoms. The molecule has 2 amide bonds. The van der Waals surface area contributed by atoms with E-state index in [9.17, 15) is 4.79 Å². The number of nitrogens with one attached hydrogen (secondary N) is 2. The molecule has 1 aliphatic heterocycles. The zero-order valence-corrected chi connectivity index (χ0v) is 14.3. The molecule has 2 N–H and O–H groups in total. The summed E-state index contributed by atoms with van der Waals surface area (Å²) in [5.74, 6) is 0. The number of hydrogen-bond acceptors (Lipinski definition) is 3. The molecule has 0 aliphatic carbocycles. The Hall–Kier alpha value is -2.53. The van der Waals surface area contributed by atoms with E-state index in [0.717, 1.165) is 30.2 Å². The first-order chi connectivity index (χ1) is 11.8. The van der Waals surface area contributed by atoms with Crippen LogP contribution in [0, 0.1) is 0 Å². The fourth-order valence-electron chi connectivity index (χ4n) is 2.47. The van der Waals surface area contributed by atoms with E-state index in [-0.39, 0.29) is 6.03 Å². The van der Waals surface area contributed by atoms with Gasteiger partial charge in [-0.1, -0.05) is 44.2 Å². The maximum atomic E-state index is 12.2. The molecule has 1 aliphatic rings. The molecule has 5 nitrogen and oxygen atoms in total. The third-order valence-corrected chi connectivity index (χ3v) is 3.54. The number of urea groups is 1. The van der Waals surface area contributed by atoms with Gasteiger partial charge in [0, 0.05) is 18.8 Å². The van der Waals surface area contributed by atoms with Crippen LogP contribution in [-0.2, 0) is 4.74 Å². The molecule has 24 heavy (non-hydrogen) atoms. The standard InChI is InChI=1S/C17H19N3O2.C2H6/c21-17(18-14-6-2-1-3-7-14)19-15-8-4-5-9-16(15)20-10-12-22-13-11-20;1-2/h1-9H,10-13H2,(H2,18,19,21);1-2H3. The van der Waals surface area contributed by atoms with Gasteiger partial charge in [-0.25, -0.2) is 4.79 Å². The van der Waals surface area contributed by atoms with Crippen LogP contribution in [0.1, 0.15) is 13.8 Å². The van der Waals surface area contributed by atoms with Gasteiger partial charge in [0.05, 0.1) is 24.6 Å². The minimum Gasteiger partial charge on any atom is -0.378 e. The van der Waals surface area contributed by atoms with Crippen LogP contribution in [0.15, 0.2) is 54.6 Å². The van der Waals surface area contributed by atoms with E-state index in [1.165, 1.54) is 0 Å². The van der Waals surface area contributed by atoms with Gasteiger partial charge >= 0.3 is 6.03 Å². The third kappa shape index (κ3) is 4.99. The Kier molecular flexibility index (Phi) is 7.11. The van der Waals surface area contributed by atoms with Gasteiger partial charge in [0.25, 0.3) is 0 Å². The van der Waals surface area contributed by atoms with E-state index in [4.69, 9.17) is 4.74 Å². The van der Waals surface area contributed by atoms with Crippen molar-refractivity contribution < 1.29 is 9.53 Å². The van der Waals surface area contributed by atoms with Crippen molar-refractivity contribution >= 4 is 23.1 Å². The first kappa shape index (κ1) is 17.8. The SMILES string of the molecule is CC.O=C(Nc1ccccc1)Nc1ccccc1N1CCOCC1. The highest BCUT2D eigenvalue weighted by Gasteiger charge is 2.15. The molecule has 2 aromatic rings. The van der Waals surface area contributed by atoms with Crippen molar-refractivity contribution in [2.75, 3.05) is 41.8 Å². The first-order valence-electron chi connectivity index (χ1n) is 8.38. The Morgan fingerprint density at radius 2 is 1.54 bits per heavy atom. The normalized spacial score (nSPS) is 13.5. The van der Waals surface area contributed by atoms with Gasteiger partial charge in [-0.05, 0) is 24.3 Å². The van der Waals surface area contributed by atoms with Gasteiger partial charge in [0.1, 0.15) is 0 Å². The van der Waals surface area contributed by atoms with E-state index in [1.54, 1.807) is 0 Å². The number of rotatable bonds is 3. The van der Waals surface area contributed by atoms with Crippen molar-refractivity contribution in [3.8, 4) is 0 Å². The number of anilines is 3. The van der Waals surface area contributed by atoms with Crippen molar-refractivity contribution in [1.82, 2.24) is 0 Å². The number of hydrogen-bond donors (Lipinski definition) is 2. The summed E-state index contributed by atoms with van der Waals surface area (Å²) in [6, 6.07) is 17.0. The highest BCUT2D eigenvalue weighted by atomic mass is 16.5. The molecule has 0 unspecified atom stereocenters. The van der Waals surface area contributed by atoms with Gasteiger partial charge in [-0.2, -0.15) is 0 Å². The number of para-hydroxylation sites is 3. The second kappa shape index (κ2) is 9.57. The van der Waals surface area contributed by atoms with Crippen LogP contribution in [-0.4, -0.2) is 32.3 Å². The number of nitrogens with zero attached hydrogens (tertiary/aromatic N) is 1. The summed E-state index contributed by atoms with van der Waals surface area (Å²) >= 11 is 0. The summed E-state index contributed by atoms with van der Waals surface area (Å²) in [5, 5.41) is 5.75. The van der Waals surface area contributed by atoms with E-state index in [0.29, 0.717) is 13.2 Å². The first-order valence-corrected chi connectivity index (χ1v) is 8.38. The summed E-state index contributed by atoms with van der Waals surface area (Å²) < 4.78 is 5.38. The molecular formula is C19H25N3O2. The number of benzene rings is 2. The van der Waals surface area contributed by atoms with Gasteiger partial charge in [0.2, 0.25) is 0 Å². The highest BCUT2D eigenvalue weighted by Crippen LogP contribution is 2.26.